The molecule has 2 aromatic carbocycles. The Bertz CT molecular complexity index is 1200. The summed E-state index contributed by atoms with van der Waals surface area (Å²) in [4.78, 5) is 24.9. The molecule has 0 bridgehead atoms. The molecule has 2 amide bonds. The summed E-state index contributed by atoms with van der Waals surface area (Å²) in [5.74, 6) is -0.566. The van der Waals surface area contributed by atoms with Gasteiger partial charge in [0.1, 0.15) is 5.75 Å². The molecule has 0 saturated carbocycles. The zero-order valence-corrected chi connectivity index (χ0v) is 20.1. The zero-order chi connectivity index (χ0) is 23.9. The first-order valence-corrected chi connectivity index (χ1v) is 12.5. The molecule has 33 heavy (non-hydrogen) atoms. The van der Waals surface area contributed by atoms with Gasteiger partial charge in [0.25, 0.3) is 5.91 Å². The topological polar surface area (TPSA) is 105 Å². The van der Waals surface area contributed by atoms with Crippen molar-refractivity contribution in [3.63, 3.8) is 0 Å². The van der Waals surface area contributed by atoms with Gasteiger partial charge in [0.05, 0.1) is 16.5 Å². The SMILES string of the molecule is Cc1cc(C)cc(NC(=O)[C@H]2CCCN(S(=O)(=O)c3cc4c(cc3C)NC(=O)[C@@H](C)O4)C2)c1. The maximum absolute atomic E-state index is 13.5. The molecule has 1 saturated heterocycles. The largest absolute Gasteiger partial charge is 0.479 e. The maximum Gasteiger partial charge on any atom is 0.265 e. The Kier molecular flexibility index (Phi) is 6.20. The predicted octanol–water partition coefficient (Wildman–Crippen LogP) is 3.37. The van der Waals surface area contributed by atoms with E-state index in [-0.39, 0.29) is 23.3 Å². The van der Waals surface area contributed by atoms with Crippen LogP contribution in [0.2, 0.25) is 0 Å². The van der Waals surface area contributed by atoms with E-state index in [0.717, 1.165) is 16.8 Å². The number of fused-ring (bicyclic) bond motifs is 1. The Morgan fingerprint density at radius 3 is 2.52 bits per heavy atom. The Morgan fingerprint density at radius 1 is 1.12 bits per heavy atom. The number of rotatable bonds is 4. The van der Waals surface area contributed by atoms with E-state index in [1.165, 1.54) is 10.4 Å². The van der Waals surface area contributed by atoms with Crippen molar-refractivity contribution in [1.29, 1.82) is 0 Å². The number of nitrogens with one attached hydrogen (secondary N) is 2. The van der Waals surface area contributed by atoms with Crippen LogP contribution in [0.3, 0.4) is 0 Å². The van der Waals surface area contributed by atoms with E-state index in [4.69, 9.17) is 4.74 Å². The minimum atomic E-state index is -3.85. The minimum Gasteiger partial charge on any atom is -0.479 e. The van der Waals surface area contributed by atoms with Crippen molar-refractivity contribution in [2.45, 2.75) is 51.5 Å². The predicted molar refractivity (Wildman–Crippen MR) is 126 cm³/mol. The lowest BCUT2D eigenvalue weighted by atomic mass is 9.98. The molecule has 2 atom stereocenters. The molecule has 2 heterocycles. The van der Waals surface area contributed by atoms with Crippen LogP contribution in [-0.2, 0) is 19.6 Å². The summed E-state index contributed by atoms with van der Waals surface area (Å²) in [5, 5.41) is 5.68. The summed E-state index contributed by atoms with van der Waals surface area (Å²) in [6.45, 7) is 7.69. The number of hydrogen-bond donors (Lipinski definition) is 2. The van der Waals surface area contributed by atoms with Crippen molar-refractivity contribution < 1.29 is 22.7 Å². The van der Waals surface area contributed by atoms with Crippen molar-refractivity contribution in [3.05, 3.63) is 47.0 Å². The number of ether oxygens (including phenoxy) is 1. The summed E-state index contributed by atoms with van der Waals surface area (Å²) in [7, 11) is -3.85. The number of carbonyl (C=O) groups excluding carboxylic acids is 2. The van der Waals surface area contributed by atoms with Gasteiger partial charge in [-0.15, -0.1) is 0 Å². The molecule has 0 aliphatic carbocycles. The summed E-state index contributed by atoms with van der Waals surface area (Å²) in [6.07, 6.45) is 0.514. The van der Waals surface area contributed by atoms with Gasteiger partial charge >= 0.3 is 0 Å². The van der Waals surface area contributed by atoms with Gasteiger partial charge in [-0.2, -0.15) is 4.31 Å². The van der Waals surface area contributed by atoms with Crippen molar-refractivity contribution in [2.24, 2.45) is 5.92 Å². The number of hydrogen-bond acceptors (Lipinski definition) is 5. The molecule has 1 fully saturated rings. The lowest BCUT2D eigenvalue weighted by Crippen LogP contribution is -2.44. The Labute approximate surface area is 194 Å². The number of amides is 2. The van der Waals surface area contributed by atoms with Gasteiger partial charge < -0.3 is 15.4 Å². The van der Waals surface area contributed by atoms with Gasteiger partial charge in [-0.1, -0.05) is 6.07 Å². The van der Waals surface area contributed by atoms with E-state index in [2.05, 4.69) is 10.6 Å². The molecule has 2 aliphatic rings. The van der Waals surface area contributed by atoms with Crippen molar-refractivity contribution in [2.75, 3.05) is 23.7 Å². The highest BCUT2D eigenvalue weighted by Gasteiger charge is 2.35. The van der Waals surface area contributed by atoms with Crippen LogP contribution in [-0.4, -0.2) is 43.7 Å². The molecular formula is C24H29N3O5S. The van der Waals surface area contributed by atoms with Crippen molar-refractivity contribution >= 4 is 33.2 Å². The lowest BCUT2D eigenvalue weighted by Gasteiger charge is -2.32. The lowest BCUT2D eigenvalue weighted by molar-refractivity contribution is -0.123. The normalized spacial score (nSPS) is 21.0. The molecule has 2 aromatic rings. The molecule has 8 nitrogen and oxygen atoms in total. The van der Waals surface area contributed by atoms with E-state index in [1.807, 2.05) is 32.0 Å². The molecule has 0 aromatic heterocycles. The Balaban J connectivity index is 1.54. The number of aryl methyl sites for hydroxylation is 3. The fourth-order valence-corrected chi connectivity index (χ4v) is 6.17. The van der Waals surface area contributed by atoms with Crippen LogP contribution >= 0.6 is 0 Å². The van der Waals surface area contributed by atoms with E-state index >= 15 is 0 Å². The van der Waals surface area contributed by atoms with Crippen molar-refractivity contribution in [1.82, 2.24) is 4.31 Å². The quantitative estimate of drug-likeness (QED) is 0.711. The number of carbonyl (C=O) groups is 2. The van der Waals surface area contributed by atoms with Crippen molar-refractivity contribution in [3.8, 4) is 5.75 Å². The monoisotopic (exact) mass is 471 g/mol. The van der Waals surface area contributed by atoms with Gasteiger partial charge in [-0.3, -0.25) is 9.59 Å². The van der Waals surface area contributed by atoms with Gasteiger partial charge in [0.2, 0.25) is 15.9 Å². The molecular weight excluding hydrogens is 442 g/mol. The molecule has 0 unspecified atom stereocenters. The number of sulfonamides is 1. The average molecular weight is 472 g/mol. The highest BCUT2D eigenvalue weighted by Crippen LogP contribution is 2.36. The van der Waals surface area contributed by atoms with Gasteiger partial charge in [-0.05, 0) is 75.4 Å². The number of benzene rings is 2. The van der Waals surface area contributed by atoms with E-state index in [9.17, 15) is 18.0 Å². The summed E-state index contributed by atoms with van der Waals surface area (Å²) < 4.78 is 34.0. The van der Waals surface area contributed by atoms with Gasteiger partial charge in [0, 0.05) is 24.8 Å². The fourth-order valence-electron chi connectivity index (χ4n) is 4.43. The van der Waals surface area contributed by atoms with Gasteiger partial charge in [-0.25, -0.2) is 8.42 Å². The second kappa shape index (κ2) is 8.79. The number of anilines is 2. The maximum atomic E-state index is 13.5. The van der Waals surface area contributed by atoms with Crippen LogP contribution in [0.15, 0.2) is 35.2 Å². The summed E-state index contributed by atoms with van der Waals surface area (Å²) >= 11 is 0. The third-order valence-electron chi connectivity index (χ3n) is 6.07. The Hall–Kier alpha value is -2.91. The second-order valence-corrected chi connectivity index (χ2v) is 10.8. The van der Waals surface area contributed by atoms with E-state index in [1.54, 1.807) is 19.9 Å². The third-order valence-corrected chi connectivity index (χ3v) is 8.08. The van der Waals surface area contributed by atoms with Gasteiger partial charge in [0.15, 0.2) is 6.10 Å². The first-order valence-electron chi connectivity index (χ1n) is 11.1. The number of nitrogens with zero attached hydrogens (tertiary/aromatic N) is 1. The highest BCUT2D eigenvalue weighted by atomic mass is 32.2. The molecule has 9 heteroatoms. The van der Waals surface area contributed by atoms with E-state index in [0.29, 0.717) is 36.4 Å². The molecule has 0 radical (unpaired) electrons. The van der Waals surface area contributed by atoms with Crippen LogP contribution in [0.4, 0.5) is 11.4 Å². The van der Waals surface area contributed by atoms with Crippen LogP contribution in [0.25, 0.3) is 0 Å². The van der Waals surface area contributed by atoms with Crippen LogP contribution in [0.5, 0.6) is 5.75 Å². The summed E-state index contributed by atoms with van der Waals surface area (Å²) in [5.41, 5.74) is 3.78. The van der Waals surface area contributed by atoms with Crippen LogP contribution in [0, 0.1) is 26.7 Å². The zero-order valence-electron chi connectivity index (χ0n) is 19.3. The molecule has 4 rings (SSSR count). The first-order chi connectivity index (χ1) is 15.5. The standard InChI is InChI=1S/C24H29N3O5S/c1-14-8-15(2)10-19(9-14)25-24(29)18-6-5-7-27(13-18)33(30,31)22-12-21-20(11-16(22)3)26-23(28)17(4)32-21/h8-12,17-18H,5-7,13H2,1-4H3,(H,25,29)(H,26,28)/t17-,18+/m1/s1. The molecule has 176 valence electrons. The third kappa shape index (κ3) is 4.74. The highest BCUT2D eigenvalue weighted by molar-refractivity contribution is 7.89. The Morgan fingerprint density at radius 2 is 1.82 bits per heavy atom. The second-order valence-electron chi connectivity index (χ2n) is 8.93. The van der Waals surface area contributed by atoms with Crippen LogP contribution in [0.1, 0.15) is 36.5 Å². The molecule has 0 spiro atoms. The van der Waals surface area contributed by atoms with Crippen LogP contribution < -0.4 is 15.4 Å². The first kappa shape index (κ1) is 23.3. The number of piperidine rings is 1. The summed E-state index contributed by atoms with van der Waals surface area (Å²) in [6, 6.07) is 8.91. The molecule has 2 aliphatic heterocycles. The van der Waals surface area contributed by atoms with E-state index < -0.39 is 22.0 Å². The smallest absolute Gasteiger partial charge is 0.265 e. The fraction of sp³-hybridized carbons (Fsp3) is 0.417. The molecule has 2 N–H and O–H groups in total. The minimum absolute atomic E-state index is 0.115. The average Bonchev–Trinajstić information content (AvgIpc) is 2.74.